The minimum Gasteiger partial charge on any atom is -0.449 e. The molecule has 0 aromatic carbocycles. The van der Waals surface area contributed by atoms with E-state index in [4.69, 9.17) is 4.74 Å². The van der Waals surface area contributed by atoms with Crippen LogP contribution in [-0.4, -0.2) is 48.7 Å². The lowest BCUT2D eigenvalue weighted by Crippen LogP contribution is -2.48. The molecular formula is C15H23N5O4S2. The number of carbonyl (C=O) groups is 1. The molecule has 9 nitrogen and oxygen atoms in total. The summed E-state index contributed by atoms with van der Waals surface area (Å²) < 4.78 is 31.9. The maximum Gasteiger partial charge on any atom is 0.326 e. The van der Waals surface area contributed by atoms with E-state index in [0.29, 0.717) is 6.42 Å². The van der Waals surface area contributed by atoms with E-state index in [9.17, 15) is 13.2 Å². The molecule has 1 aliphatic heterocycles. The Morgan fingerprint density at radius 2 is 1.92 bits per heavy atom. The van der Waals surface area contributed by atoms with Crippen LogP contribution in [0.15, 0.2) is 28.6 Å². The van der Waals surface area contributed by atoms with E-state index in [2.05, 4.69) is 14.9 Å². The van der Waals surface area contributed by atoms with Crippen LogP contribution in [0.5, 0.6) is 0 Å². The first-order valence-electron chi connectivity index (χ1n) is 8.07. The topological polar surface area (TPSA) is 105 Å². The zero-order valence-corrected chi connectivity index (χ0v) is 17.0. The van der Waals surface area contributed by atoms with E-state index < -0.39 is 10.0 Å². The van der Waals surface area contributed by atoms with Crippen molar-refractivity contribution in [3.05, 3.63) is 24.3 Å². The second-order valence-corrected chi connectivity index (χ2v) is 9.00. The molecule has 2 heterocycles. The minimum absolute atomic E-state index is 0.00816. The van der Waals surface area contributed by atoms with Crippen LogP contribution in [0.2, 0.25) is 0 Å². The number of hydrogen-bond acceptors (Lipinski definition) is 7. The second-order valence-electron chi connectivity index (χ2n) is 6.19. The van der Waals surface area contributed by atoms with Crippen molar-refractivity contribution >= 4 is 32.5 Å². The molecule has 1 aromatic heterocycles. The van der Waals surface area contributed by atoms with Gasteiger partial charge in [0.1, 0.15) is 0 Å². The van der Waals surface area contributed by atoms with E-state index >= 15 is 0 Å². The number of urea groups is 1. The minimum atomic E-state index is -3.94. The summed E-state index contributed by atoms with van der Waals surface area (Å²) in [6, 6.07) is -0.288. The Hall–Kier alpha value is -2.14. The highest BCUT2D eigenvalue weighted by atomic mass is 32.2. The average molecular weight is 402 g/mol. The molecule has 0 atom stereocenters. The van der Waals surface area contributed by atoms with Crippen molar-refractivity contribution in [2.75, 3.05) is 11.9 Å². The SMILES string of the molecule is CC(C)N(C(=O)N(C)c1nnc(S(=O)(=O)NC2=CCC=CO2)s1)C(C)C. The van der Waals surface area contributed by atoms with Crippen LogP contribution in [0.3, 0.4) is 0 Å². The lowest BCUT2D eigenvalue weighted by atomic mass is 10.2. The first-order valence-corrected chi connectivity index (χ1v) is 10.4. The first kappa shape index (κ1) is 20.2. The number of amides is 2. The van der Waals surface area contributed by atoms with Gasteiger partial charge in [0.05, 0.1) is 6.26 Å². The van der Waals surface area contributed by atoms with Crippen molar-refractivity contribution in [3.63, 3.8) is 0 Å². The largest absolute Gasteiger partial charge is 0.449 e. The fraction of sp³-hybridized carbons (Fsp3) is 0.533. The molecule has 0 saturated carbocycles. The molecule has 11 heteroatoms. The number of nitrogens with zero attached hydrogens (tertiary/aromatic N) is 4. The number of rotatable bonds is 6. The average Bonchev–Trinajstić information content (AvgIpc) is 3.04. The molecule has 1 N–H and O–H groups in total. The van der Waals surface area contributed by atoms with Gasteiger partial charge in [0.25, 0.3) is 14.4 Å². The van der Waals surface area contributed by atoms with Crippen molar-refractivity contribution < 1.29 is 17.9 Å². The zero-order chi connectivity index (χ0) is 19.5. The van der Waals surface area contributed by atoms with Crippen LogP contribution in [0.4, 0.5) is 9.93 Å². The van der Waals surface area contributed by atoms with Crippen molar-refractivity contribution in [1.29, 1.82) is 0 Å². The Morgan fingerprint density at radius 1 is 1.27 bits per heavy atom. The van der Waals surface area contributed by atoms with Gasteiger partial charge in [0.2, 0.25) is 11.0 Å². The van der Waals surface area contributed by atoms with Gasteiger partial charge in [-0.3, -0.25) is 4.90 Å². The third kappa shape index (κ3) is 4.52. The summed E-state index contributed by atoms with van der Waals surface area (Å²) in [5.74, 6) is 0.111. The fourth-order valence-corrected chi connectivity index (χ4v) is 4.34. The van der Waals surface area contributed by atoms with Crippen LogP contribution >= 0.6 is 11.3 Å². The monoisotopic (exact) mass is 401 g/mol. The molecule has 0 bridgehead atoms. The predicted molar refractivity (Wildman–Crippen MR) is 99.1 cm³/mol. The van der Waals surface area contributed by atoms with Crippen molar-refractivity contribution in [2.24, 2.45) is 0 Å². The van der Waals surface area contributed by atoms with Gasteiger partial charge >= 0.3 is 6.03 Å². The standard InChI is InChI=1S/C15H23N5O4S2/c1-10(2)20(11(3)4)15(21)19(5)13-16-17-14(25-13)26(22,23)18-12-8-6-7-9-24-12/h7-11,18H,6H2,1-5H3. The van der Waals surface area contributed by atoms with Gasteiger partial charge in [0, 0.05) is 19.1 Å². The molecule has 0 fully saturated rings. The van der Waals surface area contributed by atoms with E-state index in [0.717, 1.165) is 11.3 Å². The van der Waals surface area contributed by atoms with Crippen molar-refractivity contribution in [2.45, 2.75) is 50.5 Å². The lowest BCUT2D eigenvalue weighted by molar-refractivity contribution is 0.173. The first-order chi connectivity index (χ1) is 12.1. The van der Waals surface area contributed by atoms with E-state index in [1.54, 1.807) is 24.1 Å². The Bertz CT molecular complexity index is 806. The third-order valence-electron chi connectivity index (χ3n) is 3.50. The fourth-order valence-electron chi connectivity index (χ4n) is 2.38. The quantitative estimate of drug-likeness (QED) is 0.733. The second kappa shape index (κ2) is 8.04. The normalized spacial score (nSPS) is 14.2. The summed E-state index contributed by atoms with van der Waals surface area (Å²) in [6.45, 7) is 7.66. The highest BCUT2D eigenvalue weighted by Gasteiger charge is 2.28. The van der Waals surface area contributed by atoms with Crippen molar-refractivity contribution in [3.8, 4) is 0 Å². The van der Waals surface area contributed by atoms with Gasteiger partial charge in [-0.15, -0.1) is 10.2 Å². The molecule has 1 aromatic rings. The number of aromatic nitrogens is 2. The summed E-state index contributed by atoms with van der Waals surface area (Å²) in [6.07, 6.45) is 5.31. The summed E-state index contributed by atoms with van der Waals surface area (Å²) >= 11 is 0.811. The zero-order valence-electron chi connectivity index (χ0n) is 15.3. The Kier molecular flexibility index (Phi) is 6.24. The maximum absolute atomic E-state index is 12.7. The number of allylic oxidation sites excluding steroid dienone is 2. The van der Waals surface area contributed by atoms with Gasteiger partial charge in [-0.2, -0.15) is 8.42 Å². The van der Waals surface area contributed by atoms with Gasteiger partial charge < -0.3 is 9.64 Å². The molecule has 144 valence electrons. The molecule has 0 aliphatic carbocycles. The molecule has 0 radical (unpaired) electrons. The van der Waals surface area contributed by atoms with Gasteiger partial charge in [-0.05, 0) is 46.3 Å². The molecule has 26 heavy (non-hydrogen) atoms. The van der Waals surface area contributed by atoms with Gasteiger partial charge in [0.15, 0.2) is 0 Å². The number of ether oxygens (including phenoxy) is 1. The van der Waals surface area contributed by atoms with E-state index in [1.165, 1.54) is 11.2 Å². The molecule has 2 amide bonds. The number of hydrogen-bond donors (Lipinski definition) is 1. The summed E-state index contributed by atoms with van der Waals surface area (Å²) in [4.78, 5) is 15.7. The highest BCUT2D eigenvalue weighted by Crippen LogP contribution is 2.25. The predicted octanol–water partition coefficient (Wildman–Crippen LogP) is 2.27. The Balaban J connectivity index is 2.17. The number of nitrogens with one attached hydrogen (secondary N) is 1. The Morgan fingerprint density at radius 3 is 2.46 bits per heavy atom. The highest BCUT2D eigenvalue weighted by molar-refractivity contribution is 7.91. The molecule has 0 unspecified atom stereocenters. The molecule has 1 aliphatic rings. The molecule has 0 saturated heterocycles. The van der Waals surface area contributed by atoms with Crippen LogP contribution in [0.25, 0.3) is 0 Å². The number of anilines is 1. The summed E-state index contributed by atoms with van der Waals surface area (Å²) in [5, 5.41) is 7.76. The smallest absolute Gasteiger partial charge is 0.326 e. The molecule has 2 rings (SSSR count). The number of carbonyl (C=O) groups excluding carboxylic acids is 1. The van der Waals surface area contributed by atoms with Crippen LogP contribution < -0.4 is 9.62 Å². The van der Waals surface area contributed by atoms with Crippen LogP contribution in [-0.2, 0) is 14.8 Å². The summed E-state index contributed by atoms with van der Waals surface area (Å²) in [7, 11) is -2.39. The third-order valence-corrected chi connectivity index (χ3v) is 6.21. The van der Waals surface area contributed by atoms with Crippen LogP contribution in [0, 0.1) is 0 Å². The van der Waals surface area contributed by atoms with Gasteiger partial charge in [-0.25, -0.2) is 9.52 Å². The lowest BCUT2D eigenvalue weighted by Gasteiger charge is -2.33. The summed E-state index contributed by atoms with van der Waals surface area (Å²) in [5.41, 5.74) is 0. The van der Waals surface area contributed by atoms with E-state index in [1.807, 2.05) is 27.7 Å². The molecular weight excluding hydrogens is 378 g/mol. The van der Waals surface area contributed by atoms with E-state index in [-0.39, 0.29) is 33.5 Å². The van der Waals surface area contributed by atoms with Crippen molar-refractivity contribution in [1.82, 2.24) is 19.8 Å². The van der Waals surface area contributed by atoms with Crippen LogP contribution in [0.1, 0.15) is 34.1 Å². The number of sulfonamides is 1. The maximum atomic E-state index is 12.7. The Labute approximate surface area is 157 Å². The molecule has 0 spiro atoms. The van der Waals surface area contributed by atoms with Gasteiger partial charge in [-0.1, -0.05) is 11.3 Å².